The molecule has 1 aliphatic rings. The third kappa shape index (κ3) is 2.05. The highest BCUT2D eigenvalue weighted by Crippen LogP contribution is 2.19. The minimum absolute atomic E-state index is 0.999. The largest absolute Gasteiger partial charge is 0.298 e. The summed E-state index contributed by atoms with van der Waals surface area (Å²) in [5, 5.41) is 0. The molecule has 0 aromatic heterocycles. The van der Waals surface area contributed by atoms with Gasteiger partial charge in [0.1, 0.15) is 0 Å². The summed E-state index contributed by atoms with van der Waals surface area (Å²) in [4.78, 5) is 2.25. The fourth-order valence-electron chi connectivity index (χ4n) is 1.33. The number of allylic oxidation sites excluding steroid dienone is 2. The van der Waals surface area contributed by atoms with E-state index in [1.165, 1.54) is 11.1 Å². The second kappa shape index (κ2) is 3.05. The van der Waals surface area contributed by atoms with E-state index in [1.807, 2.05) is 6.92 Å². The van der Waals surface area contributed by atoms with Crippen molar-refractivity contribution < 1.29 is 0 Å². The standard InChI is InChI=1S/C10H15N/c1-8(2)5-10-7-11(4)6-9(10)3/h5H,1,3,6-7H2,2,4H3/b10-5-. The van der Waals surface area contributed by atoms with Crippen molar-refractivity contribution in [3.05, 3.63) is 36.0 Å². The Labute approximate surface area is 68.7 Å². The molecule has 0 aliphatic carbocycles. The van der Waals surface area contributed by atoms with Gasteiger partial charge >= 0.3 is 0 Å². The lowest BCUT2D eigenvalue weighted by molar-refractivity contribution is 0.437. The summed E-state index contributed by atoms with van der Waals surface area (Å²) in [6, 6.07) is 0. The van der Waals surface area contributed by atoms with Crippen molar-refractivity contribution in [2.75, 3.05) is 20.1 Å². The maximum atomic E-state index is 3.99. The van der Waals surface area contributed by atoms with Gasteiger partial charge in [0, 0.05) is 13.1 Å². The first kappa shape index (κ1) is 8.28. The Morgan fingerprint density at radius 2 is 2.18 bits per heavy atom. The van der Waals surface area contributed by atoms with E-state index >= 15 is 0 Å². The van der Waals surface area contributed by atoms with E-state index in [0.717, 1.165) is 18.7 Å². The third-order valence-electron chi connectivity index (χ3n) is 1.78. The van der Waals surface area contributed by atoms with Crippen molar-refractivity contribution in [3.63, 3.8) is 0 Å². The number of rotatable bonds is 1. The number of nitrogens with zero attached hydrogens (tertiary/aromatic N) is 1. The van der Waals surface area contributed by atoms with Gasteiger partial charge in [-0.05, 0) is 25.1 Å². The van der Waals surface area contributed by atoms with Crippen LogP contribution in [0.4, 0.5) is 0 Å². The normalized spacial score (nSPS) is 23.1. The smallest absolute Gasteiger partial charge is 0.0237 e. The molecule has 0 bridgehead atoms. The Bertz CT molecular complexity index is 223. The molecule has 1 heterocycles. The first-order chi connectivity index (χ1) is 5.09. The monoisotopic (exact) mass is 149 g/mol. The highest BCUT2D eigenvalue weighted by Gasteiger charge is 2.15. The van der Waals surface area contributed by atoms with Crippen LogP contribution in [0.1, 0.15) is 6.92 Å². The van der Waals surface area contributed by atoms with Crippen LogP contribution in [0.3, 0.4) is 0 Å². The van der Waals surface area contributed by atoms with E-state index in [1.54, 1.807) is 0 Å². The highest BCUT2D eigenvalue weighted by molar-refractivity contribution is 5.39. The highest BCUT2D eigenvalue weighted by atomic mass is 15.1. The summed E-state index contributed by atoms with van der Waals surface area (Å²) >= 11 is 0. The van der Waals surface area contributed by atoms with Gasteiger partial charge in [-0.25, -0.2) is 0 Å². The molecule has 1 aliphatic heterocycles. The Hall–Kier alpha value is -0.820. The van der Waals surface area contributed by atoms with Crippen LogP contribution in [0.5, 0.6) is 0 Å². The van der Waals surface area contributed by atoms with E-state index < -0.39 is 0 Å². The van der Waals surface area contributed by atoms with E-state index in [0.29, 0.717) is 0 Å². The summed E-state index contributed by atoms with van der Waals surface area (Å²) in [5.41, 5.74) is 3.67. The van der Waals surface area contributed by atoms with Crippen LogP contribution in [-0.4, -0.2) is 25.0 Å². The summed E-state index contributed by atoms with van der Waals surface area (Å²) in [6.45, 7) is 11.9. The maximum Gasteiger partial charge on any atom is 0.0237 e. The maximum absolute atomic E-state index is 3.99. The lowest BCUT2D eigenvalue weighted by atomic mass is 10.1. The summed E-state index contributed by atoms with van der Waals surface area (Å²) in [7, 11) is 2.10. The van der Waals surface area contributed by atoms with E-state index in [4.69, 9.17) is 0 Å². The third-order valence-corrected chi connectivity index (χ3v) is 1.78. The van der Waals surface area contributed by atoms with Gasteiger partial charge in [-0.15, -0.1) is 0 Å². The van der Waals surface area contributed by atoms with E-state index in [2.05, 4.69) is 31.2 Å². The molecule has 0 atom stereocenters. The van der Waals surface area contributed by atoms with Crippen LogP contribution in [-0.2, 0) is 0 Å². The molecule has 11 heavy (non-hydrogen) atoms. The van der Waals surface area contributed by atoms with Crippen molar-refractivity contribution >= 4 is 0 Å². The van der Waals surface area contributed by atoms with Crippen molar-refractivity contribution in [1.29, 1.82) is 0 Å². The lowest BCUT2D eigenvalue weighted by Gasteiger charge is -2.01. The van der Waals surface area contributed by atoms with Crippen LogP contribution in [0, 0.1) is 0 Å². The molecule has 0 aromatic carbocycles. The molecule has 0 amide bonds. The first-order valence-corrected chi connectivity index (χ1v) is 3.82. The van der Waals surface area contributed by atoms with Gasteiger partial charge in [0.15, 0.2) is 0 Å². The fourth-order valence-corrected chi connectivity index (χ4v) is 1.33. The van der Waals surface area contributed by atoms with Crippen molar-refractivity contribution in [2.45, 2.75) is 6.92 Å². The molecular weight excluding hydrogens is 134 g/mol. The van der Waals surface area contributed by atoms with Gasteiger partial charge in [0.2, 0.25) is 0 Å². The fraction of sp³-hybridized carbons (Fsp3) is 0.400. The quantitative estimate of drug-likeness (QED) is 0.551. The Kier molecular flexibility index (Phi) is 2.30. The minimum atomic E-state index is 0.999. The second-order valence-electron chi connectivity index (χ2n) is 3.29. The van der Waals surface area contributed by atoms with Crippen LogP contribution in [0.2, 0.25) is 0 Å². The predicted molar refractivity (Wildman–Crippen MR) is 49.5 cm³/mol. The Balaban J connectivity index is 2.75. The molecule has 1 saturated heterocycles. The van der Waals surface area contributed by atoms with Crippen LogP contribution in [0.15, 0.2) is 36.0 Å². The first-order valence-electron chi connectivity index (χ1n) is 3.82. The molecule has 0 unspecified atom stereocenters. The van der Waals surface area contributed by atoms with Crippen LogP contribution in [0.25, 0.3) is 0 Å². The lowest BCUT2D eigenvalue weighted by Crippen LogP contribution is -2.11. The van der Waals surface area contributed by atoms with E-state index in [9.17, 15) is 0 Å². The zero-order chi connectivity index (χ0) is 8.43. The molecule has 1 heteroatoms. The molecule has 1 fully saturated rings. The second-order valence-corrected chi connectivity index (χ2v) is 3.29. The van der Waals surface area contributed by atoms with Gasteiger partial charge in [-0.1, -0.05) is 24.8 Å². The molecule has 0 saturated carbocycles. The number of hydrogen-bond donors (Lipinski definition) is 0. The molecular formula is C10H15N. The number of likely N-dealkylation sites (tertiary alicyclic amines) is 1. The molecule has 1 nitrogen and oxygen atoms in total. The zero-order valence-corrected chi connectivity index (χ0v) is 7.35. The molecule has 0 aromatic rings. The Morgan fingerprint density at radius 1 is 1.55 bits per heavy atom. The van der Waals surface area contributed by atoms with Gasteiger partial charge in [-0.3, -0.25) is 4.90 Å². The number of hydrogen-bond acceptors (Lipinski definition) is 1. The van der Waals surface area contributed by atoms with Crippen molar-refractivity contribution in [1.82, 2.24) is 4.90 Å². The zero-order valence-electron chi connectivity index (χ0n) is 7.35. The van der Waals surface area contributed by atoms with Gasteiger partial charge < -0.3 is 0 Å². The Morgan fingerprint density at radius 3 is 2.55 bits per heavy atom. The summed E-state index contributed by atoms with van der Waals surface area (Å²) in [5.74, 6) is 0. The van der Waals surface area contributed by atoms with Crippen molar-refractivity contribution in [3.8, 4) is 0 Å². The average molecular weight is 149 g/mol. The average Bonchev–Trinajstić information content (AvgIpc) is 2.09. The van der Waals surface area contributed by atoms with Crippen LogP contribution >= 0.6 is 0 Å². The van der Waals surface area contributed by atoms with Gasteiger partial charge in [0.05, 0.1) is 0 Å². The topological polar surface area (TPSA) is 3.24 Å². The minimum Gasteiger partial charge on any atom is -0.298 e. The van der Waals surface area contributed by atoms with Gasteiger partial charge in [0.25, 0.3) is 0 Å². The SMILES string of the molecule is C=C(C)/C=C1/CN(C)CC1=C. The molecule has 0 N–H and O–H groups in total. The molecule has 0 spiro atoms. The molecule has 0 radical (unpaired) electrons. The van der Waals surface area contributed by atoms with Crippen molar-refractivity contribution in [2.24, 2.45) is 0 Å². The predicted octanol–water partition coefficient (Wildman–Crippen LogP) is 1.99. The molecule has 1 rings (SSSR count). The summed E-state index contributed by atoms with van der Waals surface area (Å²) in [6.07, 6.45) is 2.12. The van der Waals surface area contributed by atoms with E-state index in [-0.39, 0.29) is 0 Å². The number of likely N-dealkylation sites (N-methyl/N-ethyl adjacent to an activating group) is 1. The molecule has 60 valence electrons. The van der Waals surface area contributed by atoms with Crippen LogP contribution < -0.4 is 0 Å². The summed E-state index contributed by atoms with van der Waals surface area (Å²) < 4.78 is 0. The van der Waals surface area contributed by atoms with Gasteiger partial charge in [-0.2, -0.15) is 0 Å².